The zero-order valence-corrected chi connectivity index (χ0v) is 14.9. The summed E-state index contributed by atoms with van der Waals surface area (Å²) in [6.07, 6.45) is 3.71. The largest absolute Gasteiger partial charge is 0.376 e. The normalized spacial score (nSPS) is 21.1. The Morgan fingerprint density at radius 3 is 3.05 bits per heavy atom. The van der Waals surface area contributed by atoms with Gasteiger partial charge in [-0.3, -0.25) is 4.99 Å². The molecule has 1 N–H and O–H groups in total. The minimum atomic E-state index is 0. The fourth-order valence-corrected chi connectivity index (χ4v) is 2.93. The lowest BCUT2D eigenvalue weighted by Crippen LogP contribution is -2.41. The van der Waals surface area contributed by atoms with E-state index < -0.39 is 0 Å². The summed E-state index contributed by atoms with van der Waals surface area (Å²) in [6, 6.07) is 8.60. The molecule has 2 aliphatic rings. The summed E-state index contributed by atoms with van der Waals surface area (Å²) in [7, 11) is 0. The van der Waals surface area contributed by atoms with Crippen molar-refractivity contribution in [1.29, 1.82) is 0 Å². The average Bonchev–Trinajstić information content (AvgIpc) is 3.13. The molecule has 0 saturated carbocycles. The van der Waals surface area contributed by atoms with Crippen LogP contribution in [0.5, 0.6) is 0 Å². The van der Waals surface area contributed by atoms with Gasteiger partial charge < -0.3 is 15.0 Å². The van der Waals surface area contributed by atoms with E-state index in [1.807, 2.05) is 0 Å². The summed E-state index contributed by atoms with van der Waals surface area (Å²) in [5.74, 6) is 0.993. The van der Waals surface area contributed by atoms with Gasteiger partial charge in [0.15, 0.2) is 5.96 Å². The molecule has 1 fully saturated rings. The highest BCUT2D eigenvalue weighted by molar-refractivity contribution is 14.0. The first kappa shape index (κ1) is 16.5. The van der Waals surface area contributed by atoms with Crippen LogP contribution in [-0.4, -0.2) is 38.3 Å². The van der Waals surface area contributed by atoms with Gasteiger partial charge in [0, 0.05) is 25.4 Å². The fourth-order valence-electron chi connectivity index (χ4n) is 2.93. The Balaban J connectivity index is 0.00000161. The van der Waals surface area contributed by atoms with Crippen molar-refractivity contribution in [3.05, 3.63) is 29.8 Å². The van der Waals surface area contributed by atoms with E-state index in [9.17, 15) is 0 Å². The summed E-state index contributed by atoms with van der Waals surface area (Å²) < 4.78 is 5.66. The molecule has 0 aliphatic carbocycles. The molecule has 1 saturated heterocycles. The van der Waals surface area contributed by atoms with Crippen molar-refractivity contribution >= 4 is 35.6 Å². The topological polar surface area (TPSA) is 36.9 Å². The first-order valence-corrected chi connectivity index (χ1v) is 7.64. The van der Waals surface area contributed by atoms with Crippen molar-refractivity contribution in [2.75, 3.05) is 31.1 Å². The average molecular weight is 401 g/mol. The van der Waals surface area contributed by atoms with Gasteiger partial charge in [-0.05, 0) is 37.8 Å². The van der Waals surface area contributed by atoms with Crippen LogP contribution in [0.15, 0.2) is 29.3 Å². The SMILES string of the molecule is CCNC(=NCC1CCCO1)N1CCc2ccccc21.I. The van der Waals surface area contributed by atoms with Gasteiger partial charge in [0.2, 0.25) is 0 Å². The lowest BCUT2D eigenvalue weighted by molar-refractivity contribution is 0.117. The second kappa shape index (κ2) is 7.98. The Labute approximate surface area is 144 Å². The molecule has 0 amide bonds. The minimum Gasteiger partial charge on any atom is -0.376 e. The lowest BCUT2D eigenvalue weighted by Gasteiger charge is -2.22. The van der Waals surface area contributed by atoms with E-state index >= 15 is 0 Å². The molecule has 2 heterocycles. The summed E-state index contributed by atoms with van der Waals surface area (Å²) in [5, 5.41) is 3.41. The maximum atomic E-state index is 5.66. The second-order valence-electron chi connectivity index (χ2n) is 5.36. The first-order valence-electron chi connectivity index (χ1n) is 7.64. The van der Waals surface area contributed by atoms with Gasteiger partial charge in [-0.25, -0.2) is 0 Å². The van der Waals surface area contributed by atoms with E-state index in [-0.39, 0.29) is 24.0 Å². The Bertz CT molecular complexity index is 486. The number of aliphatic imine (C=N–C) groups is 1. The number of ether oxygens (including phenoxy) is 1. The molecule has 3 rings (SSSR count). The Kier molecular flexibility index (Phi) is 6.29. The zero-order chi connectivity index (χ0) is 13.8. The number of para-hydroxylation sites is 1. The van der Waals surface area contributed by atoms with E-state index in [4.69, 9.17) is 9.73 Å². The van der Waals surface area contributed by atoms with E-state index in [0.717, 1.165) is 45.0 Å². The van der Waals surface area contributed by atoms with Crippen LogP contribution in [0, 0.1) is 0 Å². The van der Waals surface area contributed by atoms with Crippen molar-refractivity contribution in [3.63, 3.8) is 0 Å². The molecule has 0 bridgehead atoms. The highest BCUT2D eigenvalue weighted by Gasteiger charge is 2.23. The van der Waals surface area contributed by atoms with Crippen LogP contribution in [0.3, 0.4) is 0 Å². The molecule has 5 heteroatoms. The van der Waals surface area contributed by atoms with Crippen LogP contribution in [0.2, 0.25) is 0 Å². The van der Waals surface area contributed by atoms with E-state index in [2.05, 4.69) is 41.4 Å². The molecule has 1 aromatic carbocycles. The van der Waals surface area contributed by atoms with Crippen LogP contribution >= 0.6 is 24.0 Å². The molecular weight excluding hydrogens is 377 g/mol. The molecule has 21 heavy (non-hydrogen) atoms. The lowest BCUT2D eigenvalue weighted by atomic mass is 10.2. The third-order valence-corrected chi connectivity index (χ3v) is 3.95. The highest BCUT2D eigenvalue weighted by atomic mass is 127. The van der Waals surface area contributed by atoms with E-state index in [0.29, 0.717) is 6.10 Å². The Morgan fingerprint density at radius 1 is 1.43 bits per heavy atom. The van der Waals surface area contributed by atoms with Crippen LogP contribution in [0.4, 0.5) is 5.69 Å². The fraction of sp³-hybridized carbons (Fsp3) is 0.562. The van der Waals surface area contributed by atoms with Gasteiger partial charge in [0.25, 0.3) is 0 Å². The maximum Gasteiger partial charge on any atom is 0.198 e. The molecule has 4 nitrogen and oxygen atoms in total. The maximum absolute atomic E-state index is 5.66. The van der Waals surface area contributed by atoms with Gasteiger partial charge in [-0.1, -0.05) is 18.2 Å². The first-order chi connectivity index (χ1) is 9.88. The zero-order valence-electron chi connectivity index (χ0n) is 12.5. The van der Waals surface area contributed by atoms with Gasteiger partial charge >= 0.3 is 0 Å². The third kappa shape index (κ3) is 3.88. The molecule has 2 aliphatic heterocycles. The standard InChI is InChI=1S/C16H23N3O.HI/c1-2-17-16(18-12-14-7-5-11-20-14)19-10-9-13-6-3-4-8-15(13)19;/h3-4,6,8,14H,2,5,7,9-12H2,1H3,(H,17,18);1H. The van der Waals surface area contributed by atoms with Crippen molar-refractivity contribution in [2.24, 2.45) is 4.99 Å². The summed E-state index contributed by atoms with van der Waals surface area (Å²) >= 11 is 0. The number of nitrogens with one attached hydrogen (secondary N) is 1. The number of hydrogen-bond donors (Lipinski definition) is 1. The molecule has 116 valence electrons. The molecule has 0 aromatic heterocycles. The number of guanidine groups is 1. The number of halogens is 1. The molecule has 1 aromatic rings. The second-order valence-corrected chi connectivity index (χ2v) is 5.36. The minimum absolute atomic E-state index is 0. The number of hydrogen-bond acceptors (Lipinski definition) is 2. The molecule has 1 unspecified atom stereocenters. The van der Waals surface area contributed by atoms with E-state index in [1.165, 1.54) is 17.7 Å². The number of fused-ring (bicyclic) bond motifs is 1. The third-order valence-electron chi connectivity index (χ3n) is 3.95. The monoisotopic (exact) mass is 401 g/mol. The van der Waals surface area contributed by atoms with Gasteiger partial charge in [0.1, 0.15) is 0 Å². The molecule has 1 atom stereocenters. The summed E-state index contributed by atoms with van der Waals surface area (Å²) in [5.41, 5.74) is 2.70. The Hall–Kier alpha value is -0.820. The van der Waals surface area contributed by atoms with Crippen LogP contribution in [0.1, 0.15) is 25.3 Å². The number of benzene rings is 1. The van der Waals surface area contributed by atoms with Crippen molar-refractivity contribution < 1.29 is 4.74 Å². The number of nitrogens with zero attached hydrogens (tertiary/aromatic N) is 2. The van der Waals surface area contributed by atoms with E-state index in [1.54, 1.807) is 0 Å². The van der Waals surface area contributed by atoms with Crippen molar-refractivity contribution in [2.45, 2.75) is 32.3 Å². The van der Waals surface area contributed by atoms with Crippen molar-refractivity contribution in [1.82, 2.24) is 5.32 Å². The smallest absolute Gasteiger partial charge is 0.198 e. The van der Waals surface area contributed by atoms with Crippen LogP contribution < -0.4 is 10.2 Å². The quantitative estimate of drug-likeness (QED) is 0.481. The van der Waals surface area contributed by atoms with Gasteiger partial charge in [-0.2, -0.15) is 0 Å². The van der Waals surface area contributed by atoms with Crippen LogP contribution in [0.25, 0.3) is 0 Å². The summed E-state index contributed by atoms with van der Waals surface area (Å²) in [4.78, 5) is 7.08. The molecule has 0 spiro atoms. The molecule has 0 radical (unpaired) electrons. The van der Waals surface area contributed by atoms with Crippen LogP contribution in [-0.2, 0) is 11.2 Å². The van der Waals surface area contributed by atoms with Crippen molar-refractivity contribution in [3.8, 4) is 0 Å². The molecular formula is C16H24IN3O. The predicted octanol–water partition coefficient (Wildman–Crippen LogP) is 2.81. The number of rotatable bonds is 3. The number of anilines is 1. The Morgan fingerprint density at radius 2 is 2.29 bits per heavy atom. The van der Waals surface area contributed by atoms with Gasteiger partial charge in [-0.15, -0.1) is 24.0 Å². The van der Waals surface area contributed by atoms with Gasteiger partial charge in [0.05, 0.1) is 12.6 Å². The summed E-state index contributed by atoms with van der Waals surface area (Å²) in [6.45, 7) is 5.67. The highest BCUT2D eigenvalue weighted by Crippen LogP contribution is 2.27. The predicted molar refractivity (Wildman–Crippen MR) is 97.9 cm³/mol.